The fraction of sp³-hybridized carbons (Fsp3) is 0.105. The first-order valence-electron chi connectivity index (χ1n) is 7.47. The quantitative estimate of drug-likeness (QED) is 0.555. The first-order valence-corrected chi connectivity index (χ1v) is 7.47. The summed E-state index contributed by atoms with van der Waals surface area (Å²) < 4.78 is 38.2. The summed E-state index contributed by atoms with van der Waals surface area (Å²) in [6, 6.07) is 19.0. The van der Waals surface area contributed by atoms with E-state index in [1.165, 1.54) is 0 Å². The van der Waals surface area contributed by atoms with Crippen LogP contribution in [-0.4, -0.2) is 9.97 Å². The first kappa shape index (κ1) is 16.7. The number of aromatic nitrogens is 2. The molecular weight excluding hydrogens is 327 g/mol. The van der Waals surface area contributed by atoms with Gasteiger partial charge in [-0.1, -0.05) is 54.5 Å². The second kappa shape index (κ2) is 6.73. The van der Waals surface area contributed by atoms with Gasteiger partial charge in [0, 0.05) is 11.6 Å². The molecule has 3 nitrogen and oxygen atoms in total. The molecule has 1 aromatic heterocycles. The number of nitrogens with one attached hydrogen (secondary N) is 1. The molecule has 0 aliphatic heterocycles. The molecule has 1 atom stereocenters. The topological polar surface area (TPSA) is 54.7 Å². The molecule has 0 amide bonds. The summed E-state index contributed by atoms with van der Waals surface area (Å²) in [6.07, 6.45) is -3.67. The lowest BCUT2D eigenvalue weighted by atomic mass is 9.91. The van der Waals surface area contributed by atoms with Crippen LogP contribution in [0.3, 0.4) is 0 Å². The highest BCUT2D eigenvalue weighted by atomic mass is 19.4. The molecular formula is C19H14F3N3. The largest absolute Gasteiger partial charge is 0.432 e. The van der Waals surface area contributed by atoms with E-state index in [-0.39, 0.29) is 11.7 Å². The lowest BCUT2D eigenvalue weighted by molar-refractivity contribution is -0.140. The molecule has 0 spiro atoms. The zero-order valence-electron chi connectivity index (χ0n) is 13.0. The molecule has 0 fully saturated rings. The third-order valence-electron chi connectivity index (χ3n) is 3.74. The van der Waals surface area contributed by atoms with Gasteiger partial charge in [0.2, 0.25) is 0 Å². The molecule has 0 bridgehead atoms. The van der Waals surface area contributed by atoms with Crippen molar-refractivity contribution in [3.63, 3.8) is 0 Å². The smallest absolute Gasteiger partial charge is 0.359 e. The molecule has 2 aromatic carbocycles. The standard InChI is InChI=1S/C19H14F3N3/c20-19(21,22)17-12-24-18(25-17)15-8-4-7-14(11-15)16(9-10-23)13-5-2-1-3-6-13/h1-8,11-12,16H,23H2,(H,24,25). The van der Waals surface area contributed by atoms with Gasteiger partial charge in [-0.3, -0.25) is 0 Å². The highest BCUT2D eigenvalue weighted by molar-refractivity contribution is 5.58. The molecule has 3 rings (SSSR count). The molecule has 0 aliphatic carbocycles. The average molecular weight is 341 g/mol. The molecule has 3 aromatic rings. The highest BCUT2D eigenvalue weighted by Gasteiger charge is 2.33. The zero-order valence-corrected chi connectivity index (χ0v) is 13.0. The first-order chi connectivity index (χ1) is 12.0. The van der Waals surface area contributed by atoms with Gasteiger partial charge < -0.3 is 10.7 Å². The van der Waals surface area contributed by atoms with Gasteiger partial charge in [0.1, 0.15) is 11.5 Å². The summed E-state index contributed by atoms with van der Waals surface area (Å²) in [5.74, 6) is 2.82. The normalized spacial score (nSPS) is 12.3. The van der Waals surface area contributed by atoms with E-state index in [4.69, 9.17) is 5.73 Å². The Bertz CT molecular complexity index is 918. The zero-order chi connectivity index (χ0) is 17.9. The average Bonchev–Trinajstić information content (AvgIpc) is 3.11. The predicted molar refractivity (Wildman–Crippen MR) is 89.3 cm³/mol. The van der Waals surface area contributed by atoms with Crippen molar-refractivity contribution in [1.82, 2.24) is 9.97 Å². The van der Waals surface area contributed by atoms with E-state index in [2.05, 4.69) is 21.9 Å². The van der Waals surface area contributed by atoms with Crippen molar-refractivity contribution < 1.29 is 13.2 Å². The van der Waals surface area contributed by atoms with Gasteiger partial charge in [-0.15, -0.1) is 0 Å². The van der Waals surface area contributed by atoms with Crippen molar-refractivity contribution in [3.05, 3.63) is 77.6 Å². The van der Waals surface area contributed by atoms with Crippen LogP contribution in [0.15, 0.2) is 60.8 Å². The number of aromatic amines is 1. The van der Waals surface area contributed by atoms with E-state index in [0.717, 1.165) is 17.3 Å². The number of hydrogen-bond donors (Lipinski definition) is 2. The lowest BCUT2D eigenvalue weighted by Gasteiger charge is -2.12. The van der Waals surface area contributed by atoms with Gasteiger partial charge in [-0.25, -0.2) is 4.98 Å². The summed E-state index contributed by atoms with van der Waals surface area (Å²) in [7, 11) is 0. The van der Waals surface area contributed by atoms with Crippen LogP contribution in [-0.2, 0) is 6.18 Å². The van der Waals surface area contributed by atoms with Crippen LogP contribution < -0.4 is 5.73 Å². The third kappa shape index (κ3) is 3.66. The Morgan fingerprint density at radius 1 is 1.00 bits per heavy atom. The number of benzene rings is 2. The van der Waals surface area contributed by atoms with Gasteiger partial charge in [-0.2, -0.15) is 13.2 Å². The summed E-state index contributed by atoms with van der Waals surface area (Å²) in [5.41, 5.74) is 6.85. The van der Waals surface area contributed by atoms with Crippen LogP contribution in [0.2, 0.25) is 0 Å². The molecule has 1 heterocycles. The Hall–Kier alpha value is -3.20. The minimum atomic E-state index is -4.46. The van der Waals surface area contributed by atoms with Crippen LogP contribution in [0.1, 0.15) is 22.7 Å². The van der Waals surface area contributed by atoms with Crippen LogP contribution in [0.5, 0.6) is 0 Å². The van der Waals surface area contributed by atoms with Crippen LogP contribution >= 0.6 is 0 Å². The lowest BCUT2D eigenvalue weighted by Crippen LogP contribution is -2.04. The van der Waals surface area contributed by atoms with Crippen LogP contribution in [0.25, 0.3) is 11.4 Å². The molecule has 25 heavy (non-hydrogen) atoms. The van der Waals surface area contributed by atoms with E-state index in [1.54, 1.807) is 18.2 Å². The molecule has 0 saturated heterocycles. The van der Waals surface area contributed by atoms with E-state index >= 15 is 0 Å². The number of halogens is 3. The number of imidazole rings is 1. The monoisotopic (exact) mass is 341 g/mol. The highest BCUT2D eigenvalue weighted by Crippen LogP contribution is 2.31. The van der Waals surface area contributed by atoms with Gasteiger partial charge in [0.25, 0.3) is 0 Å². The SMILES string of the molecule is NC#CC(c1ccccc1)c1cccc(-c2ncc(C(F)(F)F)[nH]2)c1. The minimum Gasteiger partial charge on any atom is -0.359 e. The third-order valence-corrected chi connectivity index (χ3v) is 3.74. The summed E-state index contributed by atoms with van der Waals surface area (Å²) in [5, 5.41) is 0. The van der Waals surface area contributed by atoms with Crippen molar-refractivity contribution in [2.75, 3.05) is 0 Å². The van der Waals surface area contributed by atoms with Crippen molar-refractivity contribution in [2.45, 2.75) is 12.1 Å². The minimum absolute atomic E-state index is 0.154. The summed E-state index contributed by atoms with van der Waals surface area (Å²) in [6.45, 7) is 0. The van der Waals surface area contributed by atoms with Gasteiger partial charge >= 0.3 is 6.18 Å². The Balaban J connectivity index is 2.00. The Labute approximate surface area is 142 Å². The molecule has 126 valence electrons. The molecule has 3 N–H and O–H groups in total. The number of alkyl halides is 3. The van der Waals surface area contributed by atoms with Gasteiger partial charge in [0.15, 0.2) is 0 Å². The maximum absolute atomic E-state index is 12.7. The second-order valence-electron chi connectivity index (χ2n) is 5.40. The molecule has 6 heteroatoms. The molecule has 0 saturated carbocycles. The van der Waals surface area contributed by atoms with Gasteiger partial charge in [0.05, 0.1) is 12.1 Å². The Morgan fingerprint density at radius 3 is 2.36 bits per heavy atom. The van der Waals surface area contributed by atoms with Gasteiger partial charge in [-0.05, 0) is 17.2 Å². The Morgan fingerprint density at radius 2 is 1.72 bits per heavy atom. The summed E-state index contributed by atoms with van der Waals surface area (Å²) in [4.78, 5) is 6.15. The number of rotatable bonds is 3. The summed E-state index contributed by atoms with van der Waals surface area (Å²) >= 11 is 0. The van der Waals surface area contributed by atoms with Crippen molar-refractivity contribution in [2.24, 2.45) is 5.73 Å². The number of hydrogen-bond acceptors (Lipinski definition) is 2. The fourth-order valence-corrected chi connectivity index (χ4v) is 2.57. The van der Waals surface area contributed by atoms with E-state index < -0.39 is 11.9 Å². The van der Waals surface area contributed by atoms with Crippen molar-refractivity contribution in [3.8, 4) is 23.4 Å². The number of nitrogens with two attached hydrogens (primary N) is 1. The maximum atomic E-state index is 12.7. The second-order valence-corrected chi connectivity index (χ2v) is 5.40. The number of H-pyrrole nitrogens is 1. The molecule has 0 aliphatic rings. The van der Waals surface area contributed by atoms with Crippen molar-refractivity contribution in [1.29, 1.82) is 0 Å². The van der Waals surface area contributed by atoms with E-state index in [9.17, 15) is 13.2 Å². The molecule has 1 unspecified atom stereocenters. The maximum Gasteiger partial charge on any atom is 0.432 e. The van der Waals surface area contributed by atoms with Crippen LogP contribution in [0, 0.1) is 12.0 Å². The van der Waals surface area contributed by atoms with E-state index in [0.29, 0.717) is 5.56 Å². The fourth-order valence-electron chi connectivity index (χ4n) is 2.57. The Kier molecular flexibility index (Phi) is 4.48. The molecule has 0 radical (unpaired) electrons. The van der Waals surface area contributed by atoms with E-state index in [1.807, 2.05) is 36.4 Å². The number of nitrogens with zero attached hydrogens (tertiary/aromatic N) is 1. The van der Waals surface area contributed by atoms with Crippen molar-refractivity contribution >= 4 is 0 Å². The van der Waals surface area contributed by atoms with Crippen LogP contribution in [0.4, 0.5) is 13.2 Å². The predicted octanol–water partition coefficient (Wildman–Crippen LogP) is 4.15.